The molecule has 126 valence electrons. The summed E-state index contributed by atoms with van der Waals surface area (Å²) < 4.78 is 22.2. The average molecular weight is 336 g/mol. The van der Waals surface area contributed by atoms with Crippen molar-refractivity contribution >= 4 is 10.8 Å². The van der Waals surface area contributed by atoms with E-state index >= 15 is 0 Å². The number of rotatable bonds is 9. The lowest BCUT2D eigenvalue weighted by atomic mass is 10.2. The largest absolute Gasteiger partial charge is 0.489 e. The summed E-state index contributed by atoms with van der Waals surface area (Å²) in [6.07, 6.45) is 0. The van der Waals surface area contributed by atoms with Gasteiger partial charge in [-0.1, -0.05) is 24.2 Å². The third-order valence-electron chi connectivity index (χ3n) is 3.65. The zero-order chi connectivity index (χ0) is 16.7. The number of benzene rings is 1. The van der Waals surface area contributed by atoms with Gasteiger partial charge in [0.05, 0.1) is 11.3 Å². The Labute approximate surface area is 139 Å². The molecule has 6 heteroatoms. The van der Waals surface area contributed by atoms with Gasteiger partial charge in [-0.2, -0.15) is 0 Å². The van der Waals surface area contributed by atoms with Crippen LogP contribution in [-0.4, -0.2) is 27.4 Å². The number of hydrogen-bond acceptors (Lipinski definition) is 5. The predicted molar refractivity (Wildman–Crippen MR) is 92.0 cm³/mol. The molecule has 1 aromatic heterocycles. The van der Waals surface area contributed by atoms with Crippen LogP contribution in [0.15, 0.2) is 28.8 Å². The molecule has 0 saturated heterocycles. The molecule has 0 saturated carbocycles. The first kappa shape index (κ1) is 17.7. The molecule has 1 atom stereocenters. The minimum absolute atomic E-state index is 0.460. The quantitative estimate of drug-likeness (QED) is 0.713. The van der Waals surface area contributed by atoms with E-state index in [2.05, 4.69) is 10.5 Å². The first-order chi connectivity index (χ1) is 11.1. The van der Waals surface area contributed by atoms with Crippen LogP contribution in [0.3, 0.4) is 0 Å². The molecule has 5 nitrogen and oxygen atoms in total. The molecule has 0 amide bonds. The van der Waals surface area contributed by atoms with Crippen molar-refractivity contribution in [3.63, 3.8) is 0 Å². The Morgan fingerprint density at radius 3 is 2.61 bits per heavy atom. The van der Waals surface area contributed by atoms with Crippen LogP contribution in [0.4, 0.5) is 0 Å². The Kier molecular flexibility index (Phi) is 6.80. The lowest BCUT2D eigenvalue weighted by Crippen LogP contribution is -2.20. The van der Waals surface area contributed by atoms with Gasteiger partial charge in [0.1, 0.15) is 18.1 Å². The van der Waals surface area contributed by atoms with Crippen LogP contribution in [0.25, 0.3) is 0 Å². The van der Waals surface area contributed by atoms with Crippen LogP contribution in [0.5, 0.6) is 5.75 Å². The zero-order valence-corrected chi connectivity index (χ0v) is 14.7. The Bertz CT molecular complexity index is 618. The first-order valence-corrected chi connectivity index (χ1v) is 9.28. The van der Waals surface area contributed by atoms with Crippen LogP contribution in [0.2, 0.25) is 0 Å². The molecule has 0 aliphatic carbocycles. The monoisotopic (exact) mass is 336 g/mol. The van der Waals surface area contributed by atoms with E-state index in [0.717, 1.165) is 41.6 Å². The van der Waals surface area contributed by atoms with Gasteiger partial charge < -0.3 is 14.6 Å². The van der Waals surface area contributed by atoms with Gasteiger partial charge in [-0.25, -0.2) is 0 Å². The smallest absolute Gasteiger partial charge is 0.140 e. The Hall–Kier alpha value is -1.66. The van der Waals surface area contributed by atoms with Crippen LogP contribution in [-0.2, 0) is 24.0 Å². The van der Waals surface area contributed by atoms with E-state index in [1.54, 1.807) is 0 Å². The van der Waals surface area contributed by atoms with Crippen LogP contribution < -0.4 is 10.1 Å². The molecule has 0 radical (unpaired) electrons. The highest BCUT2D eigenvalue weighted by atomic mass is 32.2. The lowest BCUT2D eigenvalue weighted by molar-refractivity contribution is 0.301. The van der Waals surface area contributed by atoms with Gasteiger partial charge in [0.2, 0.25) is 0 Å². The summed E-state index contributed by atoms with van der Waals surface area (Å²) in [6.45, 7) is 7.74. The van der Waals surface area contributed by atoms with Crippen molar-refractivity contribution in [2.24, 2.45) is 0 Å². The molecular formula is C17H24N2O3S. The molecule has 2 aromatic rings. The lowest BCUT2D eigenvalue weighted by Gasteiger charge is -2.08. The number of nitrogens with one attached hydrogen (secondary N) is 1. The fraction of sp³-hybridized carbons (Fsp3) is 0.471. The van der Waals surface area contributed by atoms with Crippen LogP contribution >= 0.6 is 0 Å². The van der Waals surface area contributed by atoms with Gasteiger partial charge in [0.25, 0.3) is 0 Å². The van der Waals surface area contributed by atoms with Gasteiger partial charge in [-0.15, -0.1) is 0 Å². The minimum Gasteiger partial charge on any atom is -0.489 e. The molecule has 0 spiro atoms. The van der Waals surface area contributed by atoms with Gasteiger partial charge in [-0.05, 0) is 31.5 Å². The minimum atomic E-state index is -0.705. The maximum atomic E-state index is 11.3. The third kappa shape index (κ3) is 5.48. The molecule has 1 heterocycles. The molecular weight excluding hydrogens is 312 g/mol. The summed E-state index contributed by atoms with van der Waals surface area (Å²) in [6, 6.07) is 7.98. The van der Waals surface area contributed by atoms with Gasteiger partial charge in [0.15, 0.2) is 0 Å². The highest BCUT2D eigenvalue weighted by Crippen LogP contribution is 2.17. The zero-order valence-electron chi connectivity index (χ0n) is 13.9. The number of hydrogen-bond donors (Lipinski definition) is 1. The van der Waals surface area contributed by atoms with E-state index < -0.39 is 10.8 Å². The molecule has 1 N–H and O–H groups in total. The molecule has 1 aromatic carbocycles. The second kappa shape index (κ2) is 8.84. The fourth-order valence-electron chi connectivity index (χ4n) is 2.13. The van der Waals surface area contributed by atoms with Crippen molar-refractivity contribution in [3.8, 4) is 5.75 Å². The second-order valence-corrected chi connectivity index (χ2v) is 7.21. The number of nitrogens with zero attached hydrogens (tertiary/aromatic N) is 1. The molecule has 2 rings (SSSR count). The maximum absolute atomic E-state index is 11.3. The summed E-state index contributed by atoms with van der Waals surface area (Å²) in [4.78, 5) is 0. The summed E-state index contributed by atoms with van der Waals surface area (Å²) in [7, 11) is -0.705. The Balaban J connectivity index is 1.77. The van der Waals surface area contributed by atoms with Crippen molar-refractivity contribution in [2.45, 2.75) is 33.9 Å². The van der Waals surface area contributed by atoms with Crippen molar-refractivity contribution < 1.29 is 13.5 Å². The maximum Gasteiger partial charge on any atom is 0.140 e. The highest BCUT2D eigenvalue weighted by molar-refractivity contribution is 7.84. The first-order valence-electron chi connectivity index (χ1n) is 7.79. The molecule has 0 bridgehead atoms. The van der Waals surface area contributed by atoms with Crippen molar-refractivity contribution in [1.82, 2.24) is 10.5 Å². The number of ether oxygens (including phenoxy) is 1. The summed E-state index contributed by atoms with van der Waals surface area (Å²) in [5.41, 5.74) is 3.05. The number of aryl methyl sites for hydroxylation is 2. The van der Waals surface area contributed by atoms with Crippen molar-refractivity contribution in [3.05, 3.63) is 46.8 Å². The predicted octanol–water partition coefficient (Wildman–Crippen LogP) is 2.73. The molecule has 0 aliphatic rings. The number of aromatic nitrogens is 1. The topological polar surface area (TPSA) is 64.4 Å². The second-order valence-electron chi connectivity index (χ2n) is 5.34. The Morgan fingerprint density at radius 1 is 1.26 bits per heavy atom. The standard InChI is InChI=1S/C17H24N2O3S/c1-4-23(20)10-9-18-11-15-5-7-16(8-6-15)21-12-17-13(2)19-22-14(17)3/h5-8,18H,4,9-12H2,1-3H3/t23-/m0/s1. The highest BCUT2D eigenvalue weighted by Gasteiger charge is 2.09. The summed E-state index contributed by atoms with van der Waals surface area (Å²) >= 11 is 0. The molecule has 23 heavy (non-hydrogen) atoms. The van der Waals surface area contributed by atoms with Crippen LogP contribution in [0, 0.1) is 13.8 Å². The van der Waals surface area contributed by atoms with Crippen LogP contribution in [0.1, 0.15) is 29.5 Å². The van der Waals surface area contributed by atoms with E-state index in [0.29, 0.717) is 12.4 Å². The van der Waals surface area contributed by atoms with E-state index in [1.165, 1.54) is 5.56 Å². The summed E-state index contributed by atoms with van der Waals surface area (Å²) in [5, 5.41) is 7.22. The van der Waals surface area contributed by atoms with Gasteiger partial charge in [-0.3, -0.25) is 4.21 Å². The SMILES string of the molecule is CC[S@](=O)CCNCc1ccc(OCc2c(C)noc2C)cc1. The molecule has 0 fully saturated rings. The van der Waals surface area contributed by atoms with Gasteiger partial charge in [0, 0.05) is 35.4 Å². The molecule has 0 aliphatic heterocycles. The summed E-state index contributed by atoms with van der Waals surface area (Å²) in [5.74, 6) is 3.04. The average Bonchev–Trinajstić information content (AvgIpc) is 2.89. The Morgan fingerprint density at radius 2 is 2.00 bits per heavy atom. The molecule has 0 unspecified atom stereocenters. The van der Waals surface area contributed by atoms with Crippen molar-refractivity contribution in [1.29, 1.82) is 0 Å². The van der Waals surface area contributed by atoms with E-state index in [4.69, 9.17) is 9.26 Å². The van der Waals surface area contributed by atoms with E-state index in [9.17, 15) is 4.21 Å². The normalized spacial score (nSPS) is 12.3. The van der Waals surface area contributed by atoms with Gasteiger partial charge >= 0.3 is 0 Å². The van der Waals surface area contributed by atoms with Crippen molar-refractivity contribution in [2.75, 3.05) is 18.1 Å². The fourth-order valence-corrected chi connectivity index (χ4v) is 2.79. The van der Waals surface area contributed by atoms with E-state index in [1.807, 2.05) is 45.0 Å². The third-order valence-corrected chi connectivity index (χ3v) is 4.95. The van der Waals surface area contributed by atoms with E-state index in [-0.39, 0.29) is 0 Å².